The molecular formula is C22H26N2O4. The Kier molecular flexibility index (Phi) is 8.37. The van der Waals surface area contributed by atoms with E-state index in [1.54, 1.807) is 60.7 Å². The predicted octanol–water partition coefficient (Wildman–Crippen LogP) is 2.80. The minimum Gasteiger partial charge on any atom is -0.354 e. The van der Waals surface area contributed by atoms with Gasteiger partial charge in [-0.1, -0.05) is 62.4 Å². The maximum atomic E-state index is 12.8. The van der Waals surface area contributed by atoms with Crippen molar-refractivity contribution in [3.05, 3.63) is 71.8 Å². The summed E-state index contributed by atoms with van der Waals surface area (Å²) in [7, 11) is 0. The number of nitrogens with one attached hydrogen (secondary N) is 2. The Morgan fingerprint density at radius 3 is 2.04 bits per heavy atom. The van der Waals surface area contributed by atoms with E-state index in [0.717, 1.165) is 6.42 Å². The number of carbonyl (C=O) groups is 3. The maximum absolute atomic E-state index is 12.8. The van der Waals surface area contributed by atoms with Crippen molar-refractivity contribution < 1.29 is 19.1 Å². The van der Waals surface area contributed by atoms with Crippen LogP contribution in [0.25, 0.3) is 0 Å². The first-order chi connectivity index (χ1) is 13.5. The minimum absolute atomic E-state index is 0.323. The first-order valence-electron chi connectivity index (χ1n) is 9.31. The molecule has 2 N–H and O–H groups in total. The van der Waals surface area contributed by atoms with Gasteiger partial charge in [-0.25, -0.2) is 0 Å². The fourth-order valence-corrected chi connectivity index (χ4v) is 2.44. The molecule has 1 atom stereocenters. The van der Waals surface area contributed by atoms with E-state index >= 15 is 0 Å². The van der Waals surface area contributed by atoms with Gasteiger partial charge in [0.25, 0.3) is 5.91 Å². The fraction of sp³-hybridized carbons (Fsp3) is 0.318. The van der Waals surface area contributed by atoms with Crippen molar-refractivity contribution in [3.8, 4) is 0 Å². The van der Waals surface area contributed by atoms with Crippen LogP contribution >= 0.6 is 0 Å². The van der Waals surface area contributed by atoms with Crippen LogP contribution in [0.3, 0.4) is 0 Å². The van der Waals surface area contributed by atoms with E-state index in [1.807, 2.05) is 0 Å². The summed E-state index contributed by atoms with van der Waals surface area (Å²) in [4.78, 5) is 37.2. The lowest BCUT2D eigenvalue weighted by atomic mass is 10.1. The molecule has 28 heavy (non-hydrogen) atoms. The standard InChI is InChI=1S/C22H26N2O4/c1-16(2)13-14-23-19(25)15-28-22(20(26)17-9-5-3-6-10-17)24-21(27)18-11-7-4-8-12-18/h3-12,16,22H,13-15H2,1-2H3,(H,23,25)(H,24,27). The van der Waals surface area contributed by atoms with Gasteiger partial charge in [-0.2, -0.15) is 0 Å². The summed E-state index contributed by atoms with van der Waals surface area (Å²) in [5.41, 5.74) is 0.791. The zero-order valence-corrected chi connectivity index (χ0v) is 16.2. The monoisotopic (exact) mass is 382 g/mol. The Morgan fingerprint density at radius 2 is 1.46 bits per heavy atom. The first kappa shape index (κ1) is 21.3. The molecule has 0 aliphatic carbocycles. The summed E-state index contributed by atoms with van der Waals surface area (Å²) in [6, 6.07) is 17.0. The van der Waals surface area contributed by atoms with Crippen molar-refractivity contribution in [1.29, 1.82) is 0 Å². The zero-order chi connectivity index (χ0) is 20.4. The van der Waals surface area contributed by atoms with Crippen LogP contribution in [0.15, 0.2) is 60.7 Å². The van der Waals surface area contributed by atoms with Crippen LogP contribution in [0.1, 0.15) is 41.0 Å². The number of hydrogen-bond acceptors (Lipinski definition) is 4. The Morgan fingerprint density at radius 1 is 0.893 bits per heavy atom. The smallest absolute Gasteiger partial charge is 0.253 e. The van der Waals surface area contributed by atoms with E-state index in [4.69, 9.17) is 4.74 Å². The molecule has 0 bridgehead atoms. The molecule has 0 saturated heterocycles. The van der Waals surface area contributed by atoms with Gasteiger partial charge in [0, 0.05) is 17.7 Å². The number of rotatable bonds is 10. The highest BCUT2D eigenvalue weighted by atomic mass is 16.5. The van der Waals surface area contributed by atoms with Gasteiger partial charge in [-0.15, -0.1) is 0 Å². The van der Waals surface area contributed by atoms with Crippen molar-refractivity contribution in [2.24, 2.45) is 5.92 Å². The molecule has 1 unspecified atom stereocenters. The van der Waals surface area contributed by atoms with Crippen LogP contribution in [-0.4, -0.2) is 37.0 Å². The van der Waals surface area contributed by atoms with Gasteiger partial charge in [-0.05, 0) is 24.5 Å². The van der Waals surface area contributed by atoms with Crippen LogP contribution in [0.5, 0.6) is 0 Å². The Labute approximate surface area is 165 Å². The highest BCUT2D eigenvalue weighted by Gasteiger charge is 2.24. The molecule has 0 aliphatic heterocycles. The molecule has 0 aliphatic rings. The van der Waals surface area contributed by atoms with Gasteiger partial charge in [0.05, 0.1) is 0 Å². The van der Waals surface area contributed by atoms with Crippen LogP contribution in [0, 0.1) is 5.92 Å². The van der Waals surface area contributed by atoms with Crippen LogP contribution in [0.4, 0.5) is 0 Å². The van der Waals surface area contributed by atoms with Gasteiger partial charge < -0.3 is 15.4 Å². The molecule has 148 valence electrons. The van der Waals surface area contributed by atoms with Crippen molar-refractivity contribution in [3.63, 3.8) is 0 Å². The number of amides is 2. The van der Waals surface area contributed by atoms with Crippen molar-refractivity contribution in [1.82, 2.24) is 10.6 Å². The molecule has 2 rings (SSSR count). The second kappa shape index (κ2) is 11.0. The molecule has 2 aromatic rings. The number of benzene rings is 2. The van der Waals surface area contributed by atoms with Crippen LogP contribution < -0.4 is 10.6 Å². The number of ether oxygens (including phenoxy) is 1. The molecule has 6 nitrogen and oxygen atoms in total. The molecular weight excluding hydrogens is 356 g/mol. The van der Waals surface area contributed by atoms with Gasteiger partial charge in [-0.3, -0.25) is 14.4 Å². The summed E-state index contributed by atoms with van der Waals surface area (Å²) < 4.78 is 5.48. The van der Waals surface area contributed by atoms with Crippen LogP contribution in [-0.2, 0) is 9.53 Å². The zero-order valence-electron chi connectivity index (χ0n) is 16.2. The lowest BCUT2D eigenvalue weighted by Crippen LogP contribution is -2.45. The highest BCUT2D eigenvalue weighted by Crippen LogP contribution is 2.07. The average molecular weight is 382 g/mol. The topological polar surface area (TPSA) is 84.5 Å². The van der Waals surface area contributed by atoms with E-state index in [-0.39, 0.29) is 12.5 Å². The fourth-order valence-electron chi connectivity index (χ4n) is 2.44. The predicted molar refractivity (Wildman–Crippen MR) is 107 cm³/mol. The molecule has 0 heterocycles. The summed E-state index contributed by atoms with van der Waals surface area (Å²) >= 11 is 0. The third-order valence-electron chi connectivity index (χ3n) is 4.02. The molecule has 2 amide bonds. The summed E-state index contributed by atoms with van der Waals surface area (Å²) in [5.74, 6) is -0.728. The highest BCUT2D eigenvalue weighted by molar-refractivity contribution is 6.03. The van der Waals surface area contributed by atoms with Crippen molar-refractivity contribution >= 4 is 17.6 Å². The maximum Gasteiger partial charge on any atom is 0.253 e. The number of carbonyl (C=O) groups excluding carboxylic acids is 3. The lowest BCUT2D eigenvalue weighted by molar-refractivity contribution is -0.127. The first-order valence-corrected chi connectivity index (χ1v) is 9.31. The molecule has 0 radical (unpaired) electrons. The number of ketones is 1. The summed E-state index contributed by atoms with van der Waals surface area (Å²) in [6.07, 6.45) is -0.408. The quantitative estimate of drug-likeness (QED) is 0.489. The third-order valence-corrected chi connectivity index (χ3v) is 4.02. The third kappa shape index (κ3) is 6.96. The lowest BCUT2D eigenvalue weighted by Gasteiger charge is -2.18. The van der Waals surface area contributed by atoms with E-state index in [0.29, 0.717) is 23.6 Å². The Hall–Kier alpha value is -2.99. The summed E-state index contributed by atoms with van der Waals surface area (Å²) in [5, 5.41) is 5.32. The largest absolute Gasteiger partial charge is 0.354 e. The SMILES string of the molecule is CC(C)CCNC(=O)COC(NC(=O)c1ccccc1)C(=O)c1ccccc1. The van der Waals surface area contributed by atoms with E-state index in [1.165, 1.54) is 0 Å². The molecule has 0 aromatic heterocycles. The second-order valence-electron chi connectivity index (χ2n) is 6.79. The second-order valence-corrected chi connectivity index (χ2v) is 6.79. The van der Waals surface area contributed by atoms with Gasteiger partial charge in [0.15, 0.2) is 6.23 Å². The van der Waals surface area contributed by atoms with Gasteiger partial charge in [0.2, 0.25) is 11.7 Å². The molecule has 6 heteroatoms. The molecule has 2 aromatic carbocycles. The Balaban J connectivity index is 2.03. The van der Waals surface area contributed by atoms with E-state index in [2.05, 4.69) is 24.5 Å². The van der Waals surface area contributed by atoms with Crippen molar-refractivity contribution in [2.75, 3.05) is 13.2 Å². The molecule has 0 fully saturated rings. The van der Waals surface area contributed by atoms with E-state index in [9.17, 15) is 14.4 Å². The Bertz CT molecular complexity index is 776. The van der Waals surface area contributed by atoms with E-state index < -0.39 is 17.9 Å². The average Bonchev–Trinajstić information content (AvgIpc) is 2.71. The summed E-state index contributed by atoms with van der Waals surface area (Å²) in [6.45, 7) is 4.34. The van der Waals surface area contributed by atoms with Gasteiger partial charge in [0.1, 0.15) is 6.61 Å². The minimum atomic E-state index is -1.26. The number of Topliss-reactive ketones (excluding diaryl/α,β-unsaturated/α-hetero) is 1. The van der Waals surface area contributed by atoms with Crippen LogP contribution in [0.2, 0.25) is 0 Å². The van der Waals surface area contributed by atoms with Gasteiger partial charge >= 0.3 is 0 Å². The molecule has 0 spiro atoms. The number of hydrogen-bond donors (Lipinski definition) is 2. The van der Waals surface area contributed by atoms with Crippen molar-refractivity contribution in [2.45, 2.75) is 26.5 Å². The molecule has 0 saturated carbocycles. The normalized spacial score (nSPS) is 11.7.